The highest BCUT2D eigenvalue weighted by atomic mass is 79.9. The lowest BCUT2D eigenvalue weighted by Crippen LogP contribution is -2.19. The molecule has 1 unspecified atom stereocenters. The molecular weight excluding hydrogens is 343 g/mol. The van der Waals surface area contributed by atoms with Gasteiger partial charge in [-0.05, 0) is 43.3 Å². The molecule has 0 radical (unpaired) electrons. The first-order valence-electron chi connectivity index (χ1n) is 6.43. The van der Waals surface area contributed by atoms with Crippen molar-refractivity contribution in [3.8, 4) is 0 Å². The largest absolute Gasteiger partial charge is 0.416 e. The summed E-state index contributed by atoms with van der Waals surface area (Å²) in [7, 11) is 1.74. The molecule has 0 spiro atoms. The topological polar surface area (TPSA) is 12.0 Å². The predicted octanol–water partition coefficient (Wildman–Crippen LogP) is 5.09. The molecule has 0 fully saturated rings. The van der Waals surface area contributed by atoms with Crippen LogP contribution in [0, 0.1) is 6.92 Å². The van der Waals surface area contributed by atoms with Gasteiger partial charge in [0, 0.05) is 4.47 Å². The molecule has 0 aromatic heterocycles. The molecule has 112 valence electrons. The fraction of sp³-hybridized carbons (Fsp3) is 0.250. The molecule has 0 aliphatic rings. The van der Waals surface area contributed by atoms with Gasteiger partial charge in [0.25, 0.3) is 0 Å². The zero-order valence-corrected chi connectivity index (χ0v) is 13.2. The number of hydrogen-bond acceptors (Lipinski definition) is 1. The second-order valence-electron chi connectivity index (χ2n) is 4.87. The minimum absolute atomic E-state index is 0.304. The van der Waals surface area contributed by atoms with Gasteiger partial charge >= 0.3 is 6.18 Å². The third kappa shape index (κ3) is 3.66. The van der Waals surface area contributed by atoms with Crippen molar-refractivity contribution in [2.75, 3.05) is 7.05 Å². The summed E-state index contributed by atoms with van der Waals surface area (Å²) in [5.41, 5.74) is 1.92. The van der Waals surface area contributed by atoms with Crippen LogP contribution in [0.5, 0.6) is 0 Å². The van der Waals surface area contributed by atoms with Gasteiger partial charge in [0.2, 0.25) is 0 Å². The number of alkyl halides is 3. The van der Waals surface area contributed by atoms with Gasteiger partial charge in [-0.15, -0.1) is 0 Å². The molecule has 0 saturated heterocycles. The lowest BCUT2D eigenvalue weighted by Gasteiger charge is -2.20. The van der Waals surface area contributed by atoms with Crippen LogP contribution in [0.3, 0.4) is 0 Å². The molecule has 0 aliphatic carbocycles. The first-order valence-corrected chi connectivity index (χ1v) is 7.22. The van der Waals surface area contributed by atoms with E-state index in [4.69, 9.17) is 0 Å². The van der Waals surface area contributed by atoms with E-state index in [9.17, 15) is 13.2 Å². The molecule has 0 bridgehead atoms. The summed E-state index contributed by atoms with van der Waals surface area (Å²) in [5, 5.41) is 3.08. The van der Waals surface area contributed by atoms with Gasteiger partial charge in [-0.3, -0.25) is 0 Å². The Kier molecular flexibility index (Phi) is 4.74. The summed E-state index contributed by atoms with van der Waals surface area (Å²) in [6.45, 7) is 1.95. The Morgan fingerprint density at radius 2 is 1.81 bits per heavy atom. The molecule has 1 atom stereocenters. The highest BCUT2D eigenvalue weighted by molar-refractivity contribution is 9.10. The Morgan fingerprint density at radius 3 is 2.43 bits per heavy atom. The normalized spacial score (nSPS) is 13.2. The fourth-order valence-corrected chi connectivity index (χ4v) is 2.76. The van der Waals surface area contributed by atoms with Crippen LogP contribution >= 0.6 is 15.9 Å². The van der Waals surface area contributed by atoms with Crippen LogP contribution in [0.15, 0.2) is 46.9 Å². The van der Waals surface area contributed by atoms with Gasteiger partial charge in [-0.25, -0.2) is 0 Å². The molecule has 2 rings (SSSR count). The van der Waals surface area contributed by atoms with Crippen molar-refractivity contribution in [1.82, 2.24) is 5.32 Å². The van der Waals surface area contributed by atoms with Crippen molar-refractivity contribution in [1.29, 1.82) is 0 Å². The maximum absolute atomic E-state index is 12.9. The van der Waals surface area contributed by atoms with Crippen LogP contribution in [0.25, 0.3) is 0 Å². The van der Waals surface area contributed by atoms with Gasteiger partial charge in [0.15, 0.2) is 0 Å². The highest BCUT2D eigenvalue weighted by Gasteiger charge is 2.31. The molecule has 5 heteroatoms. The van der Waals surface area contributed by atoms with Gasteiger partial charge in [0.1, 0.15) is 0 Å². The summed E-state index contributed by atoms with van der Waals surface area (Å²) >= 11 is 3.46. The molecule has 1 N–H and O–H groups in total. The summed E-state index contributed by atoms with van der Waals surface area (Å²) in [6.07, 6.45) is -4.34. The maximum Gasteiger partial charge on any atom is 0.416 e. The minimum atomic E-state index is -4.34. The van der Waals surface area contributed by atoms with Crippen molar-refractivity contribution < 1.29 is 13.2 Å². The second-order valence-corrected chi connectivity index (χ2v) is 5.72. The van der Waals surface area contributed by atoms with Crippen LogP contribution in [0.4, 0.5) is 13.2 Å². The van der Waals surface area contributed by atoms with Crippen LogP contribution in [0.2, 0.25) is 0 Å². The Labute approximate surface area is 130 Å². The molecule has 0 heterocycles. The van der Waals surface area contributed by atoms with E-state index in [1.807, 2.05) is 25.1 Å². The van der Waals surface area contributed by atoms with E-state index in [-0.39, 0.29) is 6.04 Å². The number of rotatable bonds is 3. The summed E-state index contributed by atoms with van der Waals surface area (Å²) in [5.74, 6) is 0. The van der Waals surface area contributed by atoms with Gasteiger partial charge < -0.3 is 5.32 Å². The number of hydrogen-bond donors (Lipinski definition) is 1. The Balaban J connectivity index is 2.49. The lowest BCUT2D eigenvalue weighted by molar-refractivity contribution is -0.137. The molecule has 0 aliphatic heterocycles. The molecular formula is C16H15BrF3N. The summed E-state index contributed by atoms with van der Waals surface area (Å²) < 4.78 is 39.4. The minimum Gasteiger partial charge on any atom is -0.309 e. The van der Waals surface area contributed by atoms with Crippen molar-refractivity contribution >= 4 is 15.9 Å². The van der Waals surface area contributed by atoms with Crippen LogP contribution < -0.4 is 5.32 Å². The third-order valence-electron chi connectivity index (χ3n) is 3.30. The van der Waals surface area contributed by atoms with Crippen molar-refractivity contribution in [2.45, 2.75) is 19.1 Å². The van der Waals surface area contributed by atoms with E-state index < -0.39 is 11.7 Å². The number of aryl methyl sites for hydroxylation is 1. The van der Waals surface area contributed by atoms with Crippen LogP contribution in [-0.4, -0.2) is 7.05 Å². The molecule has 1 nitrogen and oxygen atoms in total. The standard InChI is InChI=1S/C16H15BrF3N/c1-10-6-7-14(17)13(8-10)15(21-2)11-4-3-5-12(9-11)16(18,19)20/h3-9,15,21H,1-2H3. The van der Waals surface area contributed by atoms with E-state index >= 15 is 0 Å². The smallest absolute Gasteiger partial charge is 0.309 e. The number of benzene rings is 2. The van der Waals surface area contributed by atoms with Crippen LogP contribution in [0.1, 0.15) is 28.3 Å². The van der Waals surface area contributed by atoms with Gasteiger partial charge in [0.05, 0.1) is 11.6 Å². The van der Waals surface area contributed by atoms with Crippen LogP contribution in [-0.2, 0) is 6.18 Å². The zero-order valence-electron chi connectivity index (χ0n) is 11.6. The van der Waals surface area contributed by atoms with E-state index in [1.165, 1.54) is 12.1 Å². The third-order valence-corrected chi connectivity index (χ3v) is 4.02. The molecule has 0 saturated carbocycles. The van der Waals surface area contributed by atoms with E-state index in [0.29, 0.717) is 5.56 Å². The Hall–Kier alpha value is -1.33. The number of nitrogens with one attached hydrogen (secondary N) is 1. The SMILES string of the molecule is CNC(c1cccc(C(F)(F)F)c1)c1cc(C)ccc1Br. The molecule has 21 heavy (non-hydrogen) atoms. The van der Waals surface area contributed by atoms with E-state index in [0.717, 1.165) is 21.7 Å². The Bertz CT molecular complexity index is 638. The number of halogens is 4. The van der Waals surface area contributed by atoms with Gasteiger partial charge in [-0.1, -0.05) is 45.8 Å². The second kappa shape index (κ2) is 6.20. The first-order chi connectivity index (χ1) is 9.82. The monoisotopic (exact) mass is 357 g/mol. The average Bonchev–Trinajstić information content (AvgIpc) is 2.43. The maximum atomic E-state index is 12.9. The van der Waals surface area contributed by atoms with Crippen molar-refractivity contribution in [3.05, 3.63) is 69.2 Å². The lowest BCUT2D eigenvalue weighted by atomic mass is 9.96. The highest BCUT2D eigenvalue weighted by Crippen LogP contribution is 2.34. The zero-order chi connectivity index (χ0) is 15.6. The molecule has 2 aromatic carbocycles. The van der Waals surface area contributed by atoms with Crippen molar-refractivity contribution in [3.63, 3.8) is 0 Å². The van der Waals surface area contributed by atoms with E-state index in [1.54, 1.807) is 13.1 Å². The van der Waals surface area contributed by atoms with E-state index in [2.05, 4.69) is 21.2 Å². The Morgan fingerprint density at radius 1 is 1.10 bits per heavy atom. The van der Waals surface area contributed by atoms with Gasteiger partial charge in [-0.2, -0.15) is 13.2 Å². The molecule has 2 aromatic rings. The quantitative estimate of drug-likeness (QED) is 0.806. The predicted molar refractivity (Wildman–Crippen MR) is 81.2 cm³/mol. The summed E-state index contributed by atoms with van der Waals surface area (Å²) in [4.78, 5) is 0. The fourth-order valence-electron chi connectivity index (χ4n) is 2.28. The molecule has 0 amide bonds. The average molecular weight is 358 g/mol. The summed E-state index contributed by atoms with van der Waals surface area (Å²) in [6, 6.07) is 10.9. The first kappa shape index (κ1) is 16.0. The van der Waals surface area contributed by atoms with Crippen molar-refractivity contribution in [2.24, 2.45) is 0 Å².